The van der Waals surface area contributed by atoms with Gasteiger partial charge in [0.15, 0.2) is 11.5 Å². The topological polar surface area (TPSA) is 105 Å². The van der Waals surface area contributed by atoms with Crippen molar-refractivity contribution >= 4 is 23.0 Å². The Morgan fingerprint density at radius 1 is 1.06 bits per heavy atom. The van der Waals surface area contributed by atoms with E-state index < -0.39 is 5.97 Å². The molecule has 0 aliphatic heterocycles. The summed E-state index contributed by atoms with van der Waals surface area (Å²) in [5.41, 5.74) is 9.65. The van der Waals surface area contributed by atoms with Crippen LogP contribution in [0.25, 0.3) is 11.2 Å². The smallest absolute Gasteiger partial charge is 0.341 e. The predicted molar refractivity (Wildman–Crippen MR) is 117 cm³/mol. The summed E-state index contributed by atoms with van der Waals surface area (Å²) in [7, 11) is 0. The number of fused-ring (bicyclic) bond motifs is 1. The number of carbonyl (C=O) groups excluding carboxylic acids is 1. The summed E-state index contributed by atoms with van der Waals surface area (Å²) in [6.45, 7) is 3.26. The zero-order valence-electron chi connectivity index (χ0n) is 17.2. The van der Waals surface area contributed by atoms with E-state index in [0.717, 1.165) is 11.1 Å². The number of nitrogen functional groups attached to an aromatic ring is 1. The first kappa shape index (κ1) is 20.3. The van der Waals surface area contributed by atoms with E-state index in [2.05, 4.69) is 15.0 Å². The van der Waals surface area contributed by atoms with Crippen LogP contribution in [0.15, 0.2) is 61.2 Å². The molecule has 0 saturated carbocycles. The third kappa shape index (κ3) is 4.63. The molecule has 2 aromatic heterocycles. The van der Waals surface area contributed by atoms with E-state index in [-0.39, 0.29) is 6.61 Å². The van der Waals surface area contributed by atoms with Crippen molar-refractivity contribution in [2.24, 2.45) is 0 Å². The Labute approximate surface area is 179 Å². The monoisotopic (exact) mass is 417 g/mol. The summed E-state index contributed by atoms with van der Waals surface area (Å²) in [5, 5.41) is 0. The van der Waals surface area contributed by atoms with Gasteiger partial charge < -0.3 is 19.8 Å². The van der Waals surface area contributed by atoms with Gasteiger partial charge in [0.1, 0.15) is 29.8 Å². The highest BCUT2D eigenvalue weighted by atomic mass is 16.5. The average molecular weight is 417 g/mol. The normalized spacial score (nSPS) is 10.9. The lowest BCUT2D eigenvalue weighted by Crippen LogP contribution is -2.11. The number of aryl methyl sites for hydroxylation is 2. The van der Waals surface area contributed by atoms with Crippen molar-refractivity contribution in [2.75, 3.05) is 12.3 Å². The van der Waals surface area contributed by atoms with Crippen molar-refractivity contribution < 1.29 is 14.3 Å². The number of hydrogen-bond acceptors (Lipinski definition) is 7. The van der Waals surface area contributed by atoms with Gasteiger partial charge in [-0.2, -0.15) is 0 Å². The van der Waals surface area contributed by atoms with Crippen molar-refractivity contribution in [1.82, 2.24) is 19.5 Å². The Balaban J connectivity index is 1.33. The summed E-state index contributed by atoms with van der Waals surface area (Å²) in [6, 6.07) is 15.1. The van der Waals surface area contributed by atoms with Crippen LogP contribution in [-0.4, -0.2) is 32.1 Å². The molecule has 4 aromatic rings. The Bertz CT molecular complexity index is 1200. The lowest BCUT2D eigenvalue weighted by molar-refractivity contribution is 0.0491. The number of hydrogen-bond donors (Lipinski definition) is 1. The second-order valence-electron chi connectivity index (χ2n) is 7.07. The predicted octanol–water partition coefficient (Wildman–Crippen LogP) is 3.54. The van der Waals surface area contributed by atoms with Gasteiger partial charge in [0.25, 0.3) is 0 Å². The molecule has 2 N–H and O–H groups in total. The van der Waals surface area contributed by atoms with E-state index >= 15 is 0 Å². The summed E-state index contributed by atoms with van der Waals surface area (Å²) in [6.07, 6.45) is 3.67. The Hall–Kier alpha value is -3.94. The summed E-state index contributed by atoms with van der Waals surface area (Å²) >= 11 is 0. The molecule has 2 heterocycles. The molecule has 0 unspecified atom stereocenters. The average Bonchev–Trinajstić information content (AvgIpc) is 3.21. The van der Waals surface area contributed by atoms with Crippen LogP contribution < -0.4 is 10.5 Å². The molecule has 31 heavy (non-hydrogen) atoms. The number of nitrogens with zero attached hydrogens (tertiary/aromatic N) is 4. The fourth-order valence-corrected chi connectivity index (χ4v) is 3.23. The Morgan fingerprint density at radius 2 is 1.87 bits per heavy atom. The van der Waals surface area contributed by atoms with Crippen LogP contribution in [0, 0.1) is 6.92 Å². The minimum Gasteiger partial charge on any atom is -0.488 e. The number of esters is 1. The van der Waals surface area contributed by atoms with Crippen LogP contribution in [0.4, 0.5) is 5.82 Å². The molecular formula is C23H23N5O3. The van der Waals surface area contributed by atoms with E-state index in [0.29, 0.717) is 47.9 Å². The van der Waals surface area contributed by atoms with Crippen LogP contribution in [0.5, 0.6) is 5.75 Å². The third-order valence-electron chi connectivity index (χ3n) is 4.96. The van der Waals surface area contributed by atoms with Crippen LogP contribution in [0.1, 0.15) is 27.9 Å². The van der Waals surface area contributed by atoms with Gasteiger partial charge in [-0.05, 0) is 36.6 Å². The van der Waals surface area contributed by atoms with E-state index in [1.807, 2.05) is 41.8 Å². The summed E-state index contributed by atoms with van der Waals surface area (Å²) in [4.78, 5) is 25.0. The highest BCUT2D eigenvalue weighted by Crippen LogP contribution is 2.21. The lowest BCUT2D eigenvalue weighted by atomic mass is 10.1. The molecule has 0 atom stereocenters. The number of carbonyl (C=O) groups is 1. The molecule has 0 amide bonds. The molecule has 8 nitrogen and oxygen atoms in total. The summed E-state index contributed by atoms with van der Waals surface area (Å²) < 4.78 is 13.2. The second kappa shape index (κ2) is 9.25. The zero-order chi connectivity index (χ0) is 21.6. The van der Waals surface area contributed by atoms with Crippen molar-refractivity contribution in [1.29, 1.82) is 0 Å². The molecule has 2 aromatic carbocycles. The van der Waals surface area contributed by atoms with Gasteiger partial charge in [0, 0.05) is 6.54 Å². The molecular weight excluding hydrogens is 394 g/mol. The molecule has 0 aliphatic carbocycles. The van der Waals surface area contributed by atoms with Gasteiger partial charge in [-0.3, -0.25) is 0 Å². The number of anilines is 1. The first-order valence-electron chi connectivity index (χ1n) is 9.98. The number of rotatable bonds is 8. The maximum atomic E-state index is 12.6. The highest BCUT2D eigenvalue weighted by Gasteiger charge is 2.14. The van der Waals surface area contributed by atoms with E-state index in [9.17, 15) is 4.79 Å². The largest absolute Gasteiger partial charge is 0.488 e. The molecule has 8 heteroatoms. The van der Waals surface area contributed by atoms with Gasteiger partial charge in [0.2, 0.25) is 0 Å². The fraction of sp³-hybridized carbons (Fsp3) is 0.217. The van der Waals surface area contributed by atoms with Gasteiger partial charge in [-0.25, -0.2) is 19.7 Å². The lowest BCUT2D eigenvalue weighted by Gasteiger charge is -2.12. The van der Waals surface area contributed by atoms with Gasteiger partial charge in [0.05, 0.1) is 12.9 Å². The quantitative estimate of drug-likeness (QED) is 0.345. The highest BCUT2D eigenvalue weighted by molar-refractivity contribution is 5.92. The number of nitrogens with two attached hydrogens (primary N) is 1. The number of benzene rings is 2. The van der Waals surface area contributed by atoms with Crippen LogP contribution in [0.2, 0.25) is 0 Å². The minimum absolute atomic E-state index is 0.255. The van der Waals surface area contributed by atoms with Gasteiger partial charge in [-0.15, -0.1) is 0 Å². The molecule has 0 fully saturated rings. The Kier molecular flexibility index (Phi) is 6.07. The first-order valence-corrected chi connectivity index (χ1v) is 9.98. The molecule has 4 rings (SSSR count). The molecule has 0 saturated heterocycles. The van der Waals surface area contributed by atoms with Crippen LogP contribution >= 0.6 is 0 Å². The van der Waals surface area contributed by atoms with Crippen molar-refractivity contribution in [2.45, 2.75) is 26.5 Å². The van der Waals surface area contributed by atoms with E-state index in [1.165, 1.54) is 6.33 Å². The van der Waals surface area contributed by atoms with Crippen LogP contribution in [0.3, 0.4) is 0 Å². The zero-order valence-corrected chi connectivity index (χ0v) is 17.2. The SMILES string of the molecule is Cc1ccccc1COc1ccccc1C(=O)OCCCn1cnc2c(N)ncnc21. The molecule has 0 spiro atoms. The maximum absolute atomic E-state index is 12.6. The molecule has 0 bridgehead atoms. The van der Waals surface area contributed by atoms with Gasteiger partial charge >= 0.3 is 5.97 Å². The van der Waals surface area contributed by atoms with E-state index in [4.69, 9.17) is 15.2 Å². The Morgan fingerprint density at radius 3 is 2.74 bits per heavy atom. The van der Waals surface area contributed by atoms with Gasteiger partial charge in [-0.1, -0.05) is 36.4 Å². The minimum atomic E-state index is -0.414. The van der Waals surface area contributed by atoms with Crippen LogP contribution in [-0.2, 0) is 17.9 Å². The fourth-order valence-electron chi connectivity index (χ4n) is 3.23. The number of imidazole rings is 1. The second-order valence-corrected chi connectivity index (χ2v) is 7.07. The number of para-hydroxylation sites is 1. The first-order chi connectivity index (χ1) is 15.1. The molecule has 0 aliphatic rings. The van der Waals surface area contributed by atoms with Crippen molar-refractivity contribution in [3.05, 3.63) is 77.9 Å². The molecule has 0 radical (unpaired) electrons. The number of aromatic nitrogens is 4. The molecule has 158 valence electrons. The van der Waals surface area contributed by atoms with Crippen molar-refractivity contribution in [3.63, 3.8) is 0 Å². The third-order valence-corrected chi connectivity index (χ3v) is 4.96. The van der Waals surface area contributed by atoms with Crippen molar-refractivity contribution in [3.8, 4) is 5.75 Å². The summed E-state index contributed by atoms with van der Waals surface area (Å²) in [5.74, 6) is 0.434. The standard InChI is InChI=1S/C23H23N5O3/c1-16-7-2-3-8-17(16)13-31-19-10-5-4-9-18(19)23(29)30-12-6-11-28-15-27-20-21(24)25-14-26-22(20)28/h2-5,7-10,14-15H,6,11-13H2,1H3,(H2,24,25,26). The van der Waals surface area contributed by atoms with E-state index in [1.54, 1.807) is 24.5 Å². The maximum Gasteiger partial charge on any atom is 0.341 e. The number of ether oxygens (including phenoxy) is 2.